The Hall–Kier alpha value is -3.14. The van der Waals surface area contributed by atoms with E-state index in [1.54, 1.807) is 18.2 Å². The van der Waals surface area contributed by atoms with Crippen molar-refractivity contribution in [1.29, 1.82) is 0 Å². The minimum absolute atomic E-state index is 0.0138. The van der Waals surface area contributed by atoms with Gasteiger partial charge in [-0.1, -0.05) is 42.5 Å². The summed E-state index contributed by atoms with van der Waals surface area (Å²) in [5, 5.41) is 6.16. The number of carbonyl (C=O) groups is 1. The van der Waals surface area contributed by atoms with Crippen molar-refractivity contribution < 1.29 is 9.18 Å². The van der Waals surface area contributed by atoms with Crippen LogP contribution in [-0.2, 0) is 17.8 Å². The second kappa shape index (κ2) is 8.30. The van der Waals surface area contributed by atoms with E-state index >= 15 is 0 Å². The molecule has 1 amide bonds. The molecule has 26 heavy (non-hydrogen) atoms. The molecule has 0 radical (unpaired) electrons. The van der Waals surface area contributed by atoms with Crippen LogP contribution in [0.25, 0.3) is 0 Å². The molecule has 3 aromatic carbocycles. The van der Waals surface area contributed by atoms with Gasteiger partial charge >= 0.3 is 0 Å². The predicted molar refractivity (Wildman–Crippen MR) is 104 cm³/mol. The number of hydrogen-bond donors (Lipinski definition) is 2. The molecule has 0 unspecified atom stereocenters. The Bertz CT molecular complexity index is 891. The molecule has 4 heteroatoms. The van der Waals surface area contributed by atoms with Crippen LogP contribution in [0.2, 0.25) is 0 Å². The molecular weight excluding hydrogens is 327 g/mol. The van der Waals surface area contributed by atoms with Gasteiger partial charge in [-0.3, -0.25) is 4.79 Å². The number of amides is 1. The summed E-state index contributed by atoms with van der Waals surface area (Å²) in [6.45, 7) is 2.83. The Labute approximate surface area is 152 Å². The molecule has 132 valence electrons. The van der Waals surface area contributed by atoms with Crippen molar-refractivity contribution in [2.45, 2.75) is 19.9 Å². The van der Waals surface area contributed by atoms with Gasteiger partial charge in [-0.25, -0.2) is 4.39 Å². The second-order valence-corrected chi connectivity index (χ2v) is 6.17. The number of anilines is 2. The van der Waals surface area contributed by atoms with Gasteiger partial charge < -0.3 is 10.6 Å². The molecule has 3 nitrogen and oxygen atoms in total. The zero-order chi connectivity index (χ0) is 18.4. The van der Waals surface area contributed by atoms with Crippen LogP contribution in [0, 0.1) is 12.7 Å². The van der Waals surface area contributed by atoms with Gasteiger partial charge in [0.1, 0.15) is 5.82 Å². The topological polar surface area (TPSA) is 41.1 Å². The summed E-state index contributed by atoms with van der Waals surface area (Å²) in [5.41, 5.74) is 4.54. The largest absolute Gasteiger partial charge is 0.381 e. The zero-order valence-electron chi connectivity index (χ0n) is 14.6. The highest BCUT2D eigenvalue weighted by Gasteiger charge is 2.08. The van der Waals surface area contributed by atoms with E-state index in [1.807, 2.05) is 36.4 Å². The molecule has 0 bridgehead atoms. The molecule has 3 rings (SSSR count). The standard InChI is InChI=1S/C22H21FN2O/c1-16-6-2-3-8-18(16)15-24-19-10-12-20(13-11-19)25-22(26)14-17-7-4-5-9-21(17)23/h2-13,24H,14-15H2,1H3,(H,25,26). The molecule has 0 aliphatic rings. The molecule has 3 aromatic rings. The van der Waals surface area contributed by atoms with Crippen LogP contribution in [0.15, 0.2) is 72.8 Å². The van der Waals surface area contributed by atoms with Crippen molar-refractivity contribution >= 4 is 17.3 Å². The fourth-order valence-corrected chi connectivity index (χ4v) is 2.70. The fraction of sp³-hybridized carbons (Fsp3) is 0.136. The van der Waals surface area contributed by atoms with Crippen LogP contribution in [0.3, 0.4) is 0 Å². The van der Waals surface area contributed by atoms with Gasteiger partial charge in [-0.2, -0.15) is 0 Å². The first-order valence-corrected chi connectivity index (χ1v) is 8.53. The van der Waals surface area contributed by atoms with E-state index in [4.69, 9.17) is 0 Å². The molecule has 0 atom stereocenters. The lowest BCUT2D eigenvalue weighted by molar-refractivity contribution is -0.115. The fourth-order valence-electron chi connectivity index (χ4n) is 2.70. The molecule has 2 N–H and O–H groups in total. The van der Waals surface area contributed by atoms with E-state index in [-0.39, 0.29) is 18.1 Å². The van der Waals surface area contributed by atoms with Gasteiger partial charge in [0.05, 0.1) is 6.42 Å². The summed E-state index contributed by atoms with van der Waals surface area (Å²) >= 11 is 0. The minimum atomic E-state index is -0.363. The third-order valence-corrected chi connectivity index (χ3v) is 4.22. The third-order valence-electron chi connectivity index (χ3n) is 4.22. The van der Waals surface area contributed by atoms with Crippen LogP contribution in [0.5, 0.6) is 0 Å². The number of rotatable bonds is 6. The van der Waals surface area contributed by atoms with E-state index in [9.17, 15) is 9.18 Å². The number of halogens is 1. The summed E-state index contributed by atoms with van der Waals surface area (Å²) in [7, 11) is 0. The van der Waals surface area contributed by atoms with Crippen molar-refractivity contribution in [2.24, 2.45) is 0 Å². The number of carbonyl (C=O) groups excluding carboxylic acids is 1. The van der Waals surface area contributed by atoms with Crippen molar-refractivity contribution in [3.63, 3.8) is 0 Å². The molecule has 0 aliphatic carbocycles. The van der Waals surface area contributed by atoms with Gasteiger partial charge in [-0.05, 0) is 53.9 Å². The second-order valence-electron chi connectivity index (χ2n) is 6.17. The molecule has 0 saturated heterocycles. The summed E-state index contributed by atoms with van der Waals surface area (Å²) in [6, 6.07) is 22.0. The minimum Gasteiger partial charge on any atom is -0.381 e. The lowest BCUT2D eigenvalue weighted by atomic mass is 10.1. The molecule has 0 saturated carbocycles. The molecule has 0 fully saturated rings. The quantitative estimate of drug-likeness (QED) is 0.663. The highest BCUT2D eigenvalue weighted by atomic mass is 19.1. The average Bonchev–Trinajstić information content (AvgIpc) is 2.64. The smallest absolute Gasteiger partial charge is 0.228 e. The summed E-state index contributed by atoms with van der Waals surface area (Å²) < 4.78 is 13.6. The molecule has 0 aromatic heterocycles. The number of hydrogen-bond acceptors (Lipinski definition) is 2. The van der Waals surface area contributed by atoms with Crippen molar-refractivity contribution in [3.8, 4) is 0 Å². The van der Waals surface area contributed by atoms with E-state index in [1.165, 1.54) is 17.2 Å². The lowest BCUT2D eigenvalue weighted by Gasteiger charge is -2.10. The predicted octanol–water partition coefficient (Wildman–Crippen LogP) is 4.93. The average molecular weight is 348 g/mol. The van der Waals surface area contributed by atoms with E-state index in [2.05, 4.69) is 29.7 Å². The highest BCUT2D eigenvalue weighted by Crippen LogP contribution is 2.16. The Morgan fingerprint density at radius 1 is 0.846 bits per heavy atom. The van der Waals surface area contributed by atoms with Crippen LogP contribution in [-0.4, -0.2) is 5.91 Å². The maximum absolute atomic E-state index is 13.6. The Morgan fingerprint density at radius 3 is 2.15 bits per heavy atom. The summed E-state index contributed by atoms with van der Waals surface area (Å²) in [5.74, 6) is -0.603. The normalized spacial score (nSPS) is 10.4. The van der Waals surface area contributed by atoms with E-state index in [0.717, 1.165) is 12.2 Å². The third kappa shape index (κ3) is 4.70. The van der Waals surface area contributed by atoms with E-state index in [0.29, 0.717) is 11.3 Å². The maximum Gasteiger partial charge on any atom is 0.228 e. The van der Waals surface area contributed by atoms with E-state index < -0.39 is 0 Å². The van der Waals surface area contributed by atoms with Crippen LogP contribution < -0.4 is 10.6 Å². The lowest BCUT2D eigenvalue weighted by Crippen LogP contribution is -2.15. The van der Waals surface area contributed by atoms with Gasteiger partial charge in [0.15, 0.2) is 0 Å². The molecule has 0 heterocycles. The Balaban J connectivity index is 1.55. The molecule has 0 spiro atoms. The SMILES string of the molecule is Cc1ccccc1CNc1ccc(NC(=O)Cc2ccccc2F)cc1. The Kier molecular flexibility index (Phi) is 5.64. The first kappa shape index (κ1) is 17.7. The van der Waals surface area contributed by atoms with Gasteiger partial charge in [0.25, 0.3) is 0 Å². The summed E-state index contributed by atoms with van der Waals surface area (Å²) in [6.07, 6.45) is 0.0138. The highest BCUT2D eigenvalue weighted by molar-refractivity contribution is 5.92. The van der Waals surface area contributed by atoms with Crippen molar-refractivity contribution in [2.75, 3.05) is 10.6 Å². The molecular formula is C22H21FN2O. The first-order valence-electron chi connectivity index (χ1n) is 8.53. The van der Waals surface area contributed by atoms with Gasteiger partial charge in [-0.15, -0.1) is 0 Å². The number of nitrogens with one attached hydrogen (secondary N) is 2. The van der Waals surface area contributed by atoms with Crippen molar-refractivity contribution in [1.82, 2.24) is 0 Å². The molecule has 0 aliphatic heterocycles. The zero-order valence-corrected chi connectivity index (χ0v) is 14.6. The first-order chi connectivity index (χ1) is 12.6. The van der Waals surface area contributed by atoms with Gasteiger partial charge in [0, 0.05) is 17.9 Å². The van der Waals surface area contributed by atoms with Crippen LogP contribution in [0.4, 0.5) is 15.8 Å². The maximum atomic E-state index is 13.6. The van der Waals surface area contributed by atoms with Crippen molar-refractivity contribution in [3.05, 3.63) is 95.3 Å². The van der Waals surface area contributed by atoms with Crippen LogP contribution >= 0.6 is 0 Å². The van der Waals surface area contributed by atoms with Gasteiger partial charge in [0.2, 0.25) is 5.91 Å². The monoisotopic (exact) mass is 348 g/mol. The Morgan fingerprint density at radius 2 is 1.46 bits per heavy atom. The summed E-state index contributed by atoms with van der Waals surface area (Å²) in [4.78, 5) is 12.1. The number of aryl methyl sites for hydroxylation is 1. The number of benzene rings is 3. The van der Waals surface area contributed by atoms with Crippen LogP contribution in [0.1, 0.15) is 16.7 Å².